The first kappa shape index (κ1) is 8.52. The molecule has 4 nitrogen and oxygen atoms in total. The van der Waals surface area contributed by atoms with Crippen molar-refractivity contribution in [2.24, 2.45) is 0 Å². The monoisotopic (exact) mass is 222 g/mol. The molecule has 0 N–H and O–H groups in total. The Bertz CT molecular complexity index is 365. The Labute approximate surface area is 82.1 Å². The average molecular weight is 222 g/mol. The highest BCUT2D eigenvalue weighted by molar-refractivity contribution is 7.88. The van der Waals surface area contributed by atoms with Gasteiger partial charge < -0.3 is 4.74 Å². The number of thiol groups is 1. The zero-order valence-electron chi connectivity index (χ0n) is 7.00. The van der Waals surface area contributed by atoms with Gasteiger partial charge in [0.15, 0.2) is 0 Å². The summed E-state index contributed by atoms with van der Waals surface area (Å²) in [5.74, 6) is 0. The van der Waals surface area contributed by atoms with Crippen LogP contribution >= 0.6 is 12.6 Å². The molecule has 0 amide bonds. The lowest BCUT2D eigenvalue weighted by atomic mass is 9.87. The van der Waals surface area contributed by atoms with E-state index >= 15 is 0 Å². The van der Waals surface area contributed by atoms with E-state index in [0.717, 1.165) is 0 Å². The van der Waals surface area contributed by atoms with E-state index in [1.165, 1.54) is 0 Å². The summed E-state index contributed by atoms with van der Waals surface area (Å²) in [7, 11) is -3.40. The lowest BCUT2D eigenvalue weighted by molar-refractivity contribution is 0.00117. The maximum Gasteiger partial charge on any atom is 0.273 e. The summed E-state index contributed by atoms with van der Waals surface area (Å²) in [4.78, 5) is 0. The zero-order chi connectivity index (χ0) is 9.43. The van der Waals surface area contributed by atoms with E-state index < -0.39 is 21.0 Å². The molecule has 13 heavy (non-hydrogen) atoms. The van der Waals surface area contributed by atoms with Gasteiger partial charge in [-0.05, 0) is 13.3 Å². The van der Waals surface area contributed by atoms with Crippen LogP contribution in [0.5, 0.6) is 0 Å². The highest BCUT2D eigenvalue weighted by Crippen LogP contribution is 2.55. The molecule has 0 aromatic heterocycles. The number of rotatable bonds is 0. The first-order valence-electron chi connectivity index (χ1n) is 4.23. The van der Waals surface area contributed by atoms with Crippen molar-refractivity contribution in [1.29, 1.82) is 0 Å². The van der Waals surface area contributed by atoms with Crippen LogP contribution in [-0.2, 0) is 19.0 Å². The second-order valence-corrected chi connectivity index (χ2v) is 6.41. The Balaban J connectivity index is 2.18. The third-order valence-electron chi connectivity index (χ3n) is 3.33. The Hall–Kier alpha value is 0.220. The van der Waals surface area contributed by atoms with Gasteiger partial charge >= 0.3 is 0 Å². The molecule has 3 aliphatic heterocycles. The van der Waals surface area contributed by atoms with Crippen LogP contribution in [0.2, 0.25) is 0 Å². The summed E-state index contributed by atoms with van der Waals surface area (Å²) < 4.78 is 33.6. The second kappa shape index (κ2) is 2.08. The van der Waals surface area contributed by atoms with Gasteiger partial charge in [0.2, 0.25) is 0 Å². The molecule has 6 heteroatoms. The fourth-order valence-electron chi connectivity index (χ4n) is 2.66. The van der Waals surface area contributed by atoms with Gasteiger partial charge in [0.05, 0.1) is 11.4 Å². The summed E-state index contributed by atoms with van der Waals surface area (Å²) in [5, 5.41) is -0.572. The topological polar surface area (TPSA) is 52.6 Å². The van der Waals surface area contributed by atoms with Crippen molar-refractivity contribution in [2.75, 3.05) is 0 Å². The van der Waals surface area contributed by atoms with Gasteiger partial charge in [-0.25, -0.2) is 0 Å². The van der Waals surface area contributed by atoms with E-state index in [-0.39, 0.29) is 17.5 Å². The van der Waals surface area contributed by atoms with Crippen LogP contribution in [0.25, 0.3) is 0 Å². The molecule has 3 heterocycles. The number of hydrogen-bond acceptors (Lipinski definition) is 5. The third kappa shape index (κ3) is 0.789. The largest absolute Gasteiger partial charge is 0.366 e. The predicted octanol–water partition coefficient (Wildman–Crippen LogP) is -0.0568. The van der Waals surface area contributed by atoms with Crippen LogP contribution in [0.3, 0.4) is 0 Å². The minimum Gasteiger partial charge on any atom is -0.366 e. The molecule has 74 valence electrons. The first-order chi connectivity index (χ1) is 5.95. The zero-order valence-corrected chi connectivity index (χ0v) is 8.72. The van der Waals surface area contributed by atoms with Crippen LogP contribution in [0, 0.1) is 0 Å². The Morgan fingerprint density at radius 3 is 2.77 bits per heavy atom. The van der Waals surface area contributed by atoms with Crippen molar-refractivity contribution < 1.29 is 17.3 Å². The van der Waals surface area contributed by atoms with Crippen LogP contribution in [-0.4, -0.2) is 36.7 Å². The van der Waals surface area contributed by atoms with E-state index in [1.807, 2.05) is 6.92 Å². The maximum absolute atomic E-state index is 11.5. The van der Waals surface area contributed by atoms with E-state index in [4.69, 9.17) is 8.92 Å². The van der Waals surface area contributed by atoms with Crippen LogP contribution < -0.4 is 0 Å². The summed E-state index contributed by atoms with van der Waals surface area (Å²) in [6, 6.07) is 0. The molecule has 3 aliphatic rings. The number of ether oxygens (including phenoxy) is 1. The van der Waals surface area contributed by atoms with Gasteiger partial charge in [-0.3, -0.25) is 4.18 Å². The van der Waals surface area contributed by atoms with Crippen molar-refractivity contribution in [2.45, 2.75) is 41.7 Å². The quantitative estimate of drug-likeness (QED) is 0.461. The van der Waals surface area contributed by atoms with Crippen molar-refractivity contribution >= 4 is 22.7 Å². The highest BCUT2D eigenvalue weighted by atomic mass is 32.2. The molecule has 0 radical (unpaired) electrons. The Kier molecular flexibility index (Phi) is 1.36. The lowest BCUT2D eigenvalue weighted by Crippen LogP contribution is -2.44. The fraction of sp³-hybridized carbons (Fsp3) is 1.00. The van der Waals surface area contributed by atoms with Crippen LogP contribution in [0.15, 0.2) is 0 Å². The smallest absolute Gasteiger partial charge is 0.273 e. The fourth-order valence-corrected chi connectivity index (χ4v) is 5.20. The molecule has 0 saturated carbocycles. The summed E-state index contributed by atoms with van der Waals surface area (Å²) in [6.45, 7) is 1.81. The van der Waals surface area contributed by atoms with E-state index in [2.05, 4.69) is 12.6 Å². The SMILES string of the molecule is CC12OC3CC1S(=O)(=O)OC2C3S. The molecule has 5 atom stereocenters. The van der Waals surface area contributed by atoms with Crippen molar-refractivity contribution in [3.63, 3.8) is 0 Å². The standard InChI is InChI=1S/C7H10O4S2/c1-7-4-2-3(10-7)5(12)6(7)11-13(4,8)9/h3-6,12H,2H2,1H3. The van der Waals surface area contributed by atoms with E-state index in [0.29, 0.717) is 6.42 Å². The average Bonchev–Trinajstić information content (AvgIpc) is 2.49. The predicted molar refractivity (Wildman–Crippen MR) is 48.2 cm³/mol. The van der Waals surface area contributed by atoms with Crippen LogP contribution in [0.4, 0.5) is 0 Å². The van der Waals surface area contributed by atoms with Crippen molar-refractivity contribution in [3.8, 4) is 0 Å². The molecular weight excluding hydrogens is 212 g/mol. The normalized spacial score (nSPS) is 61.7. The molecule has 3 fully saturated rings. The third-order valence-corrected chi connectivity index (χ3v) is 5.77. The Morgan fingerprint density at radius 2 is 2.23 bits per heavy atom. The van der Waals surface area contributed by atoms with Gasteiger partial charge in [0, 0.05) is 0 Å². The van der Waals surface area contributed by atoms with Gasteiger partial charge in [0.25, 0.3) is 10.1 Å². The van der Waals surface area contributed by atoms with Gasteiger partial charge in [-0.1, -0.05) is 0 Å². The summed E-state index contributed by atoms with van der Waals surface area (Å²) in [6.07, 6.45) is 0.0916. The molecule has 0 aromatic rings. The number of hydrogen-bond donors (Lipinski definition) is 1. The Morgan fingerprint density at radius 1 is 1.54 bits per heavy atom. The highest BCUT2D eigenvalue weighted by Gasteiger charge is 2.71. The van der Waals surface area contributed by atoms with Crippen molar-refractivity contribution in [3.05, 3.63) is 0 Å². The van der Waals surface area contributed by atoms with Gasteiger partial charge in [-0.2, -0.15) is 21.0 Å². The molecule has 0 spiro atoms. The molecule has 3 rings (SSSR count). The molecule has 3 saturated heterocycles. The van der Waals surface area contributed by atoms with E-state index in [1.54, 1.807) is 0 Å². The summed E-state index contributed by atoms with van der Waals surface area (Å²) >= 11 is 4.32. The van der Waals surface area contributed by atoms with Crippen molar-refractivity contribution in [1.82, 2.24) is 0 Å². The second-order valence-electron chi connectivity index (χ2n) is 4.06. The van der Waals surface area contributed by atoms with Gasteiger partial charge in [-0.15, -0.1) is 0 Å². The van der Waals surface area contributed by atoms with E-state index in [9.17, 15) is 8.42 Å². The maximum atomic E-state index is 11.5. The molecule has 0 aromatic carbocycles. The molecule has 5 unspecified atom stereocenters. The molecule has 2 bridgehead atoms. The first-order valence-corrected chi connectivity index (χ1v) is 6.22. The molecule has 0 aliphatic carbocycles. The summed E-state index contributed by atoms with van der Waals surface area (Å²) in [5.41, 5.74) is -0.643. The number of fused-ring (bicyclic) bond motifs is 1. The minimum absolute atomic E-state index is 0.0550. The van der Waals surface area contributed by atoms with Crippen LogP contribution in [0.1, 0.15) is 13.3 Å². The molecular formula is C7H10O4S2. The van der Waals surface area contributed by atoms with Gasteiger partial charge in [0.1, 0.15) is 17.0 Å². The lowest BCUT2D eigenvalue weighted by Gasteiger charge is -2.23. The minimum atomic E-state index is -3.40.